The maximum atomic E-state index is 12.3. The standard InChI is InChI=1S/C18H19N3O3/c1-12-9-20-15(10-19-12)17(22)21-16(14-7-8-14)18(23)24-11-13-5-3-2-4-6-13/h2-6,9-10,14,16H,7-8,11H2,1H3,(H,21,22)/t16-/m0/s1. The van der Waals surface area contributed by atoms with Gasteiger partial charge in [-0.25, -0.2) is 9.78 Å². The second-order valence-corrected chi connectivity index (χ2v) is 5.92. The third-order valence-electron chi connectivity index (χ3n) is 3.87. The number of benzene rings is 1. The molecule has 1 aromatic carbocycles. The van der Waals surface area contributed by atoms with Crippen molar-refractivity contribution < 1.29 is 14.3 Å². The first-order valence-electron chi connectivity index (χ1n) is 7.93. The molecule has 24 heavy (non-hydrogen) atoms. The number of esters is 1. The molecule has 6 nitrogen and oxygen atoms in total. The van der Waals surface area contributed by atoms with Crippen molar-refractivity contribution in [2.45, 2.75) is 32.4 Å². The van der Waals surface area contributed by atoms with Gasteiger partial charge in [-0.15, -0.1) is 0 Å². The molecule has 1 aliphatic rings. The number of nitrogens with one attached hydrogen (secondary N) is 1. The lowest BCUT2D eigenvalue weighted by Crippen LogP contribution is -2.43. The smallest absolute Gasteiger partial charge is 0.329 e. The van der Waals surface area contributed by atoms with Gasteiger partial charge >= 0.3 is 5.97 Å². The average molecular weight is 325 g/mol. The summed E-state index contributed by atoms with van der Waals surface area (Å²) >= 11 is 0. The number of aromatic nitrogens is 2. The van der Waals surface area contributed by atoms with Crippen LogP contribution in [0.15, 0.2) is 42.7 Å². The van der Waals surface area contributed by atoms with Gasteiger partial charge in [-0.05, 0) is 31.2 Å². The van der Waals surface area contributed by atoms with E-state index in [4.69, 9.17) is 4.74 Å². The molecule has 0 unspecified atom stereocenters. The normalized spacial score (nSPS) is 14.7. The zero-order chi connectivity index (χ0) is 16.9. The number of amides is 1. The lowest BCUT2D eigenvalue weighted by atomic mass is 10.2. The summed E-state index contributed by atoms with van der Waals surface area (Å²) in [6.07, 6.45) is 4.74. The van der Waals surface area contributed by atoms with E-state index in [0.717, 1.165) is 24.1 Å². The summed E-state index contributed by atoms with van der Waals surface area (Å²) in [5.41, 5.74) is 1.84. The number of carbonyl (C=O) groups is 2. The topological polar surface area (TPSA) is 81.2 Å². The molecular weight excluding hydrogens is 306 g/mol. The molecule has 1 aromatic heterocycles. The van der Waals surface area contributed by atoms with Crippen LogP contribution in [0.2, 0.25) is 0 Å². The fraction of sp³-hybridized carbons (Fsp3) is 0.333. The van der Waals surface area contributed by atoms with E-state index >= 15 is 0 Å². The molecule has 124 valence electrons. The van der Waals surface area contributed by atoms with Crippen LogP contribution >= 0.6 is 0 Å². The number of carbonyl (C=O) groups excluding carboxylic acids is 2. The zero-order valence-electron chi connectivity index (χ0n) is 13.4. The van der Waals surface area contributed by atoms with E-state index in [9.17, 15) is 9.59 Å². The minimum atomic E-state index is -0.635. The fourth-order valence-electron chi connectivity index (χ4n) is 2.34. The van der Waals surface area contributed by atoms with E-state index in [2.05, 4.69) is 15.3 Å². The largest absolute Gasteiger partial charge is 0.459 e. The third kappa shape index (κ3) is 4.16. The van der Waals surface area contributed by atoms with E-state index < -0.39 is 17.9 Å². The highest BCUT2D eigenvalue weighted by molar-refractivity contribution is 5.95. The van der Waals surface area contributed by atoms with Gasteiger partial charge in [0.2, 0.25) is 0 Å². The first kappa shape index (κ1) is 16.1. The molecule has 0 aliphatic heterocycles. The van der Waals surface area contributed by atoms with E-state index in [1.807, 2.05) is 30.3 Å². The molecule has 1 saturated carbocycles. The van der Waals surface area contributed by atoms with Crippen molar-refractivity contribution in [3.8, 4) is 0 Å². The van der Waals surface area contributed by atoms with Crippen molar-refractivity contribution in [1.29, 1.82) is 0 Å². The Morgan fingerprint density at radius 1 is 1.21 bits per heavy atom. The Hall–Kier alpha value is -2.76. The summed E-state index contributed by atoms with van der Waals surface area (Å²) in [4.78, 5) is 32.7. The lowest BCUT2D eigenvalue weighted by Gasteiger charge is -2.17. The Balaban J connectivity index is 1.60. The number of nitrogens with zero attached hydrogens (tertiary/aromatic N) is 2. The molecule has 1 aliphatic carbocycles. The first-order valence-corrected chi connectivity index (χ1v) is 7.93. The van der Waals surface area contributed by atoms with Gasteiger partial charge in [0.1, 0.15) is 18.3 Å². The van der Waals surface area contributed by atoms with Crippen LogP contribution in [0.4, 0.5) is 0 Å². The van der Waals surface area contributed by atoms with Crippen LogP contribution < -0.4 is 5.32 Å². The Morgan fingerprint density at radius 2 is 1.96 bits per heavy atom. The zero-order valence-corrected chi connectivity index (χ0v) is 13.4. The van der Waals surface area contributed by atoms with Gasteiger partial charge < -0.3 is 10.1 Å². The van der Waals surface area contributed by atoms with Crippen molar-refractivity contribution in [2.75, 3.05) is 0 Å². The fourth-order valence-corrected chi connectivity index (χ4v) is 2.34. The van der Waals surface area contributed by atoms with E-state index in [0.29, 0.717) is 0 Å². The minimum Gasteiger partial charge on any atom is -0.459 e. The van der Waals surface area contributed by atoms with E-state index in [-0.39, 0.29) is 18.2 Å². The maximum absolute atomic E-state index is 12.3. The molecule has 1 N–H and O–H groups in total. The average Bonchev–Trinajstić information content (AvgIpc) is 3.44. The van der Waals surface area contributed by atoms with Crippen LogP contribution in [0.1, 0.15) is 34.6 Å². The molecule has 0 radical (unpaired) electrons. The number of ether oxygens (including phenoxy) is 1. The second kappa shape index (κ2) is 7.21. The summed E-state index contributed by atoms with van der Waals surface area (Å²) in [5, 5.41) is 2.73. The van der Waals surface area contributed by atoms with Crippen LogP contribution in [0.25, 0.3) is 0 Å². The Kier molecular flexibility index (Phi) is 4.84. The van der Waals surface area contributed by atoms with Crippen molar-refractivity contribution in [3.63, 3.8) is 0 Å². The van der Waals surface area contributed by atoms with Crippen LogP contribution in [0.3, 0.4) is 0 Å². The van der Waals surface area contributed by atoms with Gasteiger partial charge in [0.15, 0.2) is 0 Å². The summed E-state index contributed by atoms with van der Waals surface area (Å²) in [6, 6.07) is 8.82. The van der Waals surface area contributed by atoms with E-state index in [1.165, 1.54) is 12.4 Å². The molecule has 1 amide bonds. The van der Waals surface area contributed by atoms with Crippen molar-refractivity contribution in [1.82, 2.24) is 15.3 Å². The molecule has 0 bridgehead atoms. The Morgan fingerprint density at radius 3 is 2.58 bits per heavy atom. The van der Waals surface area contributed by atoms with Gasteiger partial charge in [-0.2, -0.15) is 0 Å². The second-order valence-electron chi connectivity index (χ2n) is 5.92. The molecule has 0 spiro atoms. The van der Waals surface area contributed by atoms with Gasteiger partial charge in [0.05, 0.1) is 11.9 Å². The van der Waals surface area contributed by atoms with Crippen LogP contribution in [-0.4, -0.2) is 27.9 Å². The van der Waals surface area contributed by atoms with E-state index in [1.54, 1.807) is 6.92 Å². The number of aryl methyl sites for hydroxylation is 1. The van der Waals surface area contributed by atoms with Gasteiger partial charge in [-0.3, -0.25) is 9.78 Å². The highest BCUT2D eigenvalue weighted by atomic mass is 16.5. The summed E-state index contributed by atoms with van der Waals surface area (Å²) < 4.78 is 5.36. The third-order valence-corrected chi connectivity index (χ3v) is 3.87. The molecule has 1 heterocycles. The first-order chi connectivity index (χ1) is 11.6. The van der Waals surface area contributed by atoms with Crippen molar-refractivity contribution >= 4 is 11.9 Å². The summed E-state index contributed by atoms with van der Waals surface area (Å²) in [6.45, 7) is 1.99. The van der Waals surface area contributed by atoms with Crippen LogP contribution in [0.5, 0.6) is 0 Å². The van der Waals surface area contributed by atoms with Gasteiger partial charge in [0, 0.05) is 6.20 Å². The summed E-state index contributed by atoms with van der Waals surface area (Å²) in [7, 11) is 0. The maximum Gasteiger partial charge on any atom is 0.329 e. The Bertz CT molecular complexity index is 712. The number of rotatable bonds is 6. The number of hydrogen-bond acceptors (Lipinski definition) is 5. The molecule has 6 heteroatoms. The highest BCUT2D eigenvalue weighted by Crippen LogP contribution is 2.33. The van der Waals surface area contributed by atoms with Crippen LogP contribution in [0, 0.1) is 12.8 Å². The quantitative estimate of drug-likeness (QED) is 0.822. The van der Waals surface area contributed by atoms with Crippen molar-refractivity contribution in [2.24, 2.45) is 5.92 Å². The monoisotopic (exact) mass is 325 g/mol. The molecule has 1 fully saturated rings. The molecule has 0 saturated heterocycles. The minimum absolute atomic E-state index is 0.135. The van der Waals surface area contributed by atoms with Crippen molar-refractivity contribution in [3.05, 3.63) is 59.7 Å². The lowest BCUT2D eigenvalue weighted by molar-refractivity contribution is -0.147. The molecule has 1 atom stereocenters. The highest BCUT2D eigenvalue weighted by Gasteiger charge is 2.38. The molecule has 2 aromatic rings. The molecule has 3 rings (SSSR count). The summed E-state index contributed by atoms with van der Waals surface area (Å²) in [5.74, 6) is -0.679. The van der Waals surface area contributed by atoms with Crippen LogP contribution in [-0.2, 0) is 16.1 Å². The predicted octanol–water partition coefficient (Wildman–Crippen LogP) is 2.04. The SMILES string of the molecule is Cc1cnc(C(=O)N[C@H](C(=O)OCc2ccccc2)C2CC2)cn1. The van der Waals surface area contributed by atoms with Gasteiger partial charge in [0.25, 0.3) is 5.91 Å². The van der Waals surface area contributed by atoms with Gasteiger partial charge in [-0.1, -0.05) is 30.3 Å². The Labute approximate surface area is 140 Å². The molecular formula is C18H19N3O3. The number of hydrogen-bond donors (Lipinski definition) is 1. The predicted molar refractivity (Wildman–Crippen MR) is 87.0 cm³/mol.